The fourth-order valence-corrected chi connectivity index (χ4v) is 3.39. The van der Waals surface area contributed by atoms with Gasteiger partial charge in [0, 0.05) is 11.3 Å². The fourth-order valence-electron chi connectivity index (χ4n) is 2.27. The van der Waals surface area contributed by atoms with E-state index in [1.54, 1.807) is 6.92 Å². The molecule has 0 aliphatic carbocycles. The summed E-state index contributed by atoms with van der Waals surface area (Å²) < 4.78 is 26.0. The summed E-state index contributed by atoms with van der Waals surface area (Å²) in [5.41, 5.74) is -0.914. The number of hydrogen-bond donors (Lipinski definition) is 3. The fraction of sp³-hybridized carbons (Fsp3) is 0.500. The van der Waals surface area contributed by atoms with Crippen molar-refractivity contribution in [2.24, 2.45) is 0 Å². The molecular formula is C16H24N2O5S. The Kier molecular flexibility index (Phi) is 6.77. The third kappa shape index (κ3) is 5.52. The second-order valence-electron chi connectivity index (χ2n) is 5.84. The maximum Gasteiger partial charge on any atom is 0.329 e. The van der Waals surface area contributed by atoms with E-state index in [1.165, 1.54) is 31.2 Å². The molecule has 0 bridgehead atoms. The van der Waals surface area contributed by atoms with Crippen LogP contribution >= 0.6 is 0 Å². The summed E-state index contributed by atoms with van der Waals surface area (Å²) in [4.78, 5) is 23.7. The van der Waals surface area contributed by atoms with Gasteiger partial charge in [0.25, 0.3) is 5.91 Å². The molecule has 1 unspecified atom stereocenters. The van der Waals surface area contributed by atoms with Gasteiger partial charge in [-0.1, -0.05) is 26.3 Å². The number of hydrogen-bond acceptors (Lipinski definition) is 4. The zero-order chi connectivity index (χ0) is 18.4. The Hall–Kier alpha value is -2.09. The molecule has 3 N–H and O–H groups in total. The number of anilines is 1. The van der Waals surface area contributed by atoms with Crippen molar-refractivity contribution >= 4 is 27.6 Å². The number of carbonyl (C=O) groups is 2. The lowest BCUT2D eigenvalue weighted by Gasteiger charge is -2.25. The largest absolute Gasteiger partial charge is 0.480 e. The minimum Gasteiger partial charge on any atom is -0.480 e. The molecule has 24 heavy (non-hydrogen) atoms. The summed E-state index contributed by atoms with van der Waals surface area (Å²) in [5.74, 6) is -1.70. The standard InChI is InChI=1S/C16H24N2O5S/c1-4-9-16(3,15(20)21)17-14(19)12-7-6-8-13(11-12)18-24(22,23)10-5-2/h6-8,11,18H,4-5,9-10H2,1-3H3,(H,17,19)(H,20,21). The van der Waals surface area contributed by atoms with Crippen LogP contribution in [0.4, 0.5) is 5.69 Å². The lowest BCUT2D eigenvalue weighted by Crippen LogP contribution is -2.52. The van der Waals surface area contributed by atoms with Crippen molar-refractivity contribution in [2.45, 2.75) is 45.6 Å². The number of sulfonamides is 1. The molecule has 0 aliphatic heterocycles. The zero-order valence-electron chi connectivity index (χ0n) is 14.1. The topological polar surface area (TPSA) is 113 Å². The van der Waals surface area contributed by atoms with E-state index in [0.717, 1.165) is 0 Å². The van der Waals surface area contributed by atoms with Gasteiger partial charge >= 0.3 is 5.97 Å². The molecule has 8 heteroatoms. The van der Waals surface area contributed by atoms with Gasteiger partial charge in [0.05, 0.1) is 5.75 Å². The van der Waals surface area contributed by atoms with Gasteiger partial charge in [0.1, 0.15) is 5.54 Å². The average molecular weight is 356 g/mol. The Balaban J connectivity index is 2.97. The first-order valence-corrected chi connectivity index (χ1v) is 9.45. The van der Waals surface area contributed by atoms with Crippen LogP contribution in [0.1, 0.15) is 50.4 Å². The summed E-state index contributed by atoms with van der Waals surface area (Å²) in [6.45, 7) is 5.03. The zero-order valence-corrected chi connectivity index (χ0v) is 14.9. The molecule has 1 atom stereocenters. The highest BCUT2D eigenvalue weighted by atomic mass is 32.2. The van der Waals surface area contributed by atoms with E-state index < -0.39 is 27.4 Å². The Morgan fingerprint density at radius 3 is 2.42 bits per heavy atom. The summed E-state index contributed by atoms with van der Waals surface area (Å²) in [5, 5.41) is 11.8. The van der Waals surface area contributed by atoms with Crippen LogP contribution in [0.25, 0.3) is 0 Å². The van der Waals surface area contributed by atoms with Gasteiger partial charge in [0.15, 0.2) is 0 Å². The van der Waals surface area contributed by atoms with Crippen LogP contribution in [0.15, 0.2) is 24.3 Å². The predicted octanol–water partition coefficient (Wildman–Crippen LogP) is 2.21. The molecule has 0 fully saturated rings. The van der Waals surface area contributed by atoms with E-state index in [0.29, 0.717) is 12.8 Å². The molecule has 1 amide bonds. The molecule has 0 saturated carbocycles. The summed E-state index contributed by atoms with van der Waals surface area (Å²) in [6.07, 6.45) is 1.36. The van der Waals surface area contributed by atoms with Gasteiger partial charge in [-0.15, -0.1) is 0 Å². The maximum atomic E-state index is 12.3. The highest BCUT2D eigenvalue weighted by Gasteiger charge is 2.34. The Labute approximate surface area is 142 Å². The van der Waals surface area contributed by atoms with Gasteiger partial charge < -0.3 is 10.4 Å². The second kappa shape index (κ2) is 8.14. The predicted molar refractivity (Wildman–Crippen MR) is 92.6 cm³/mol. The first-order chi connectivity index (χ1) is 11.1. The van der Waals surface area contributed by atoms with Crippen LogP contribution in [0.2, 0.25) is 0 Å². The van der Waals surface area contributed by atoms with Crippen molar-refractivity contribution in [1.29, 1.82) is 0 Å². The van der Waals surface area contributed by atoms with Crippen molar-refractivity contribution < 1.29 is 23.1 Å². The highest BCUT2D eigenvalue weighted by molar-refractivity contribution is 7.92. The molecule has 0 spiro atoms. The van der Waals surface area contributed by atoms with E-state index in [9.17, 15) is 23.1 Å². The number of nitrogens with one attached hydrogen (secondary N) is 2. The van der Waals surface area contributed by atoms with Crippen molar-refractivity contribution in [3.05, 3.63) is 29.8 Å². The average Bonchev–Trinajstić information content (AvgIpc) is 2.46. The van der Waals surface area contributed by atoms with Crippen LogP contribution in [0, 0.1) is 0 Å². The van der Waals surface area contributed by atoms with E-state index in [4.69, 9.17) is 0 Å². The SMILES string of the molecule is CCCC(C)(NC(=O)c1cccc(NS(=O)(=O)CCC)c1)C(=O)O. The third-order valence-electron chi connectivity index (χ3n) is 3.48. The molecule has 0 heterocycles. The van der Waals surface area contributed by atoms with Crippen molar-refractivity contribution in [1.82, 2.24) is 5.32 Å². The van der Waals surface area contributed by atoms with Crippen molar-refractivity contribution in [2.75, 3.05) is 10.5 Å². The lowest BCUT2D eigenvalue weighted by atomic mass is 9.95. The lowest BCUT2D eigenvalue weighted by molar-refractivity contribution is -0.144. The van der Waals surface area contributed by atoms with E-state index >= 15 is 0 Å². The third-order valence-corrected chi connectivity index (χ3v) is 4.97. The molecule has 0 aromatic heterocycles. The van der Waals surface area contributed by atoms with Crippen LogP contribution in [-0.2, 0) is 14.8 Å². The van der Waals surface area contributed by atoms with Crippen LogP contribution in [0.5, 0.6) is 0 Å². The number of carbonyl (C=O) groups excluding carboxylic acids is 1. The monoisotopic (exact) mass is 356 g/mol. The molecule has 0 aliphatic rings. The number of benzene rings is 1. The molecule has 134 valence electrons. The normalized spacial score (nSPS) is 13.8. The highest BCUT2D eigenvalue weighted by Crippen LogP contribution is 2.17. The number of amides is 1. The van der Waals surface area contributed by atoms with E-state index in [2.05, 4.69) is 10.0 Å². The number of rotatable bonds is 9. The van der Waals surface area contributed by atoms with E-state index in [-0.39, 0.29) is 23.4 Å². The van der Waals surface area contributed by atoms with Crippen LogP contribution in [0.3, 0.4) is 0 Å². The minimum atomic E-state index is -3.46. The molecule has 7 nitrogen and oxygen atoms in total. The van der Waals surface area contributed by atoms with Gasteiger partial charge in [0.2, 0.25) is 10.0 Å². The molecule has 1 aromatic rings. The van der Waals surface area contributed by atoms with Gasteiger partial charge in [-0.2, -0.15) is 0 Å². The Morgan fingerprint density at radius 1 is 1.21 bits per heavy atom. The minimum absolute atomic E-state index is 0.0169. The number of carboxylic acid groups (broad SMARTS) is 1. The van der Waals surface area contributed by atoms with Crippen LogP contribution in [-0.4, -0.2) is 36.7 Å². The van der Waals surface area contributed by atoms with Gasteiger partial charge in [-0.05, 0) is 38.0 Å². The summed E-state index contributed by atoms with van der Waals surface area (Å²) in [7, 11) is -3.46. The first-order valence-electron chi connectivity index (χ1n) is 7.80. The van der Waals surface area contributed by atoms with Crippen LogP contribution < -0.4 is 10.0 Å². The second-order valence-corrected chi connectivity index (χ2v) is 7.68. The molecular weight excluding hydrogens is 332 g/mol. The van der Waals surface area contributed by atoms with Crippen molar-refractivity contribution in [3.8, 4) is 0 Å². The molecule has 1 rings (SSSR count). The van der Waals surface area contributed by atoms with Gasteiger partial charge in [-0.3, -0.25) is 9.52 Å². The Bertz CT molecular complexity index is 702. The van der Waals surface area contributed by atoms with E-state index in [1.807, 2.05) is 6.92 Å². The molecule has 0 saturated heterocycles. The van der Waals surface area contributed by atoms with Crippen molar-refractivity contribution in [3.63, 3.8) is 0 Å². The summed E-state index contributed by atoms with van der Waals surface area (Å²) in [6, 6.07) is 5.96. The first kappa shape index (κ1) is 20.0. The Morgan fingerprint density at radius 2 is 1.88 bits per heavy atom. The quantitative estimate of drug-likeness (QED) is 0.628. The van der Waals surface area contributed by atoms with Gasteiger partial charge in [-0.25, -0.2) is 13.2 Å². The molecule has 1 aromatic carbocycles. The maximum absolute atomic E-state index is 12.3. The number of aliphatic carboxylic acids is 1. The number of carboxylic acids is 1. The summed E-state index contributed by atoms with van der Waals surface area (Å²) >= 11 is 0. The smallest absolute Gasteiger partial charge is 0.329 e. The molecule has 0 radical (unpaired) electrons.